The molecule has 9 heteroatoms. The van der Waals surface area contributed by atoms with E-state index in [1.807, 2.05) is 20.8 Å². The molecule has 0 saturated carbocycles. The molecule has 1 aliphatic rings. The molecule has 2 aromatic heterocycles. The molecular formula is C18H23F2N5O2. The first-order chi connectivity index (χ1) is 12.6. The molecule has 0 aliphatic heterocycles. The van der Waals surface area contributed by atoms with Crippen molar-refractivity contribution in [2.75, 3.05) is 6.61 Å². The van der Waals surface area contributed by atoms with Gasteiger partial charge < -0.3 is 10.4 Å². The lowest BCUT2D eigenvalue weighted by molar-refractivity contribution is -0.0283. The van der Waals surface area contributed by atoms with Crippen LogP contribution in [0, 0.1) is 5.41 Å². The van der Waals surface area contributed by atoms with Crippen LogP contribution in [0.15, 0.2) is 18.6 Å². The molecule has 0 fully saturated rings. The molecule has 146 valence electrons. The fraction of sp³-hybridized carbons (Fsp3) is 0.556. The number of carbonyl (C=O) groups is 1. The van der Waals surface area contributed by atoms with Gasteiger partial charge in [-0.05, 0) is 18.3 Å². The smallest absolute Gasteiger partial charge is 0.290 e. The van der Waals surface area contributed by atoms with Gasteiger partial charge in [-0.2, -0.15) is 13.9 Å². The molecule has 1 amide bonds. The number of nitrogens with zero attached hydrogens (tertiary/aromatic N) is 4. The van der Waals surface area contributed by atoms with Crippen LogP contribution in [-0.2, 0) is 12.3 Å². The Morgan fingerprint density at radius 1 is 1.41 bits per heavy atom. The van der Waals surface area contributed by atoms with Crippen molar-refractivity contribution in [3.05, 3.63) is 35.5 Å². The van der Waals surface area contributed by atoms with Gasteiger partial charge in [-0.1, -0.05) is 20.8 Å². The first kappa shape index (κ1) is 19.3. The summed E-state index contributed by atoms with van der Waals surface area (Å²) >= 11 is 0. The second-order valence-electron chi connectivity index (χ2n) is 7.78. The molecule has 0 unspecified atom stereocenters. The summed E-state index contributed by atoms with van der Waals surface area (Å²) in [6.45, 7) is 5.35. The zero-order valence-corrected chi connectivity index (χ0v) is 15.5. The highest BCUT2D eigenvalue weighted by Gasteiger charge is 2.44. The van der Waals surface area contributed by atoms with E-state index in [4.69, 9.17) is 0 Å². The van der Waals surface area contributed by atoms with Gasteiger partial charge in [0.15, 0.2) is 11.5 Å². The lowest BCUT2D eigenvalue weighted by Crippen LogP contribution is -2.46. The Kier molecular flexibility index (Phi) is 4.98. The zero-order chi connectivity index (χ0) is 19.8. The maximum Gasteiger partial charge on any atom is 0.290 e. The molecule has 2 heterocycles. The second-order valence-corrected chi connectivity index (χ2v) is 7.78. The van der Waals surface area contributed by atoms with E-state index < -0.39 is 23.3 Å². The van der Waals surface area contributed by atoms with Gasteiger partial charge in [0.25, 0.3) is 11.8 Å². The van der Waals surface area contributed by atoms with Crippen molar-refractivity contribution in [2.24, 2.45) is 5.41 Å². The molecule has 2 N–H and O–H groups in total. The third-order valence-corrected chi connectivity index (χ3v) is 4.76. The van der Waals surface area contributed by atoms with E-state index in [0.717, 1.165) is 4.68 Å². The van der Waals surface area contributed by atoms with Gasteiger partial charge in [-0.3, -0.25) is 9.78 Å². The van der Waals surface area contributed by atoms with Gasteiger partial charge in [0.2, 0.25) is 0 Å². The standard InChI is InChI=1S/C18H23F2N5O2/c1-17(2,3)12(10-26)23-16(27)14-11-5-4-6-18(19,20)15(11)25(24-14)13-9-21-7-8-22-13/h7-9,12,26H,4-6,10H2,1-3H3,(H,23,27)/t12-/m1/s1. The highest BCUT2D eigenvalue weighted by molar-refractivity contribution is 5.94. The van der Waals surface area contributed by atoms with E-state index in [1.165, 1.54) is 18.6 Å². The van der Waals surface area contributed by atoms with Crippen LogP contribution in [0.3, 0.4) is 0 Å². The fourth-order valence-electron chi connectivity index (χ4n) is 3.18. The van der Waals surface area contributed by atoms with Crippen LogP contribution in [0.1, 0.15) is 55.4 Å². The molecule has 0 spiro atoms. The third-order valence-electron chi connectivity index (χ3n) is 4.76. The first-order valence-corrected chi connectivity index (χ1v) is 8.83. The Labute approximate surface area is 155 Å². The number of aliphatic hydroxyl groups is 1. The van der Waals surface area contributed by atoms with E-state index >= 15 is 0 Å². The van der Waals surface area contributed by atoms with Crippen LogP contribution in [0.5, 0.6) is 0 Å². The zero-order valence-electron chi connectivity index (χ0n) is 15.5. The summed E-state index contributed by atoms with van der Waals surface area (Å²) in [7, 11) is 0. The van der Waals surface area contributed by atoms with Crippen LogP contribution in [-0.4, -0.2) is 43.4 Å². The van der Waals surface area contributed by atoms with Gasteiger partial charge in [0.1, 0.15) is 5.69 Å². The number of halogens is 2. The summed E-state index contributed by atoms with van der Waals surface area (Å²) in [6.07, 6.45) is 4.41. The Hall–Kier alpha value is -2.42. The predicted octanol–water partition coefficient (Wildman–Crippen LogP) is 2.23. The monoisotopic (exact) mass is 379 g/mol. The molecule has 3 rings (SSSR count). The van der Waals surface area contributed by atoms with Crippen molar-refractivity contribution in [2.45, 2.75) is 52.0 Å². The number of nitrogens with one attached hydrogen (secondary N) is 1. The SMILES string of the molecule is CC(C)(C)[C@@H](CO)NC(=O)c1nn(-c2cnccn2)c2c1CCCC2(F)F. The third kappa shape index (κ3) is 3.69. The number of hydrogen-bond acceptors (Lipinski definition) is 5. The van der Waals surface area contributed by atoms with E-state index in [2.05, 4.69) is 20.4 Å². The largest absolute Gasteiger partial charge is 0.394 e. The number of amides is 1. The van der Waals surface area contributed by atoms with E-state index in [1.54, 1.807) is 0 Å². The van der Waals surface area contributed by atoms with Crippen molar-refractivity contribution in [3.63, 3.8) is 0 Å². The number of hydrogen-bond donors (Lipinski definition) is 2. The molecule has 0 saturated heterocycles. The predicted molar refractivity (Wildman–Crippen MR) is 93.8 cm³/mol. The molecule has 1 aliphatic carbocycles. The molecule has 0 bridgehead atoms. The number of carbonyl (C=O) groups excluding carboxylic acids is 1. The summed E-state index contributed by atoms with van der Waals surface area (Å²) in [5.41, 5.74) is -0.546. The lowest BCUT2D eigenvalue weighted by Gasteiger charge is -2.29. The van der Waals surface area contributed by atoms with Crippen LogP contribution < -0.4 is 5.32 Å². The summed E-state index contributed by atoms with van der Waals surface area (Å²) in [5.74, 6) is -3.57. The van der Waals surface area contributed by atoms with Gasteiger partial charge in [0, 0.05) is 24.4 Å². The van der Waals surface area contributed by atoms with Crippen molar-refractivity contribution in [1.29, 1.82) is 0 Å². The summed E-state index contributed by atoms with van der Waals surface area (Å²) < 4.78 is 30.3. The minimum atomic E-state index is -3.11. The minimum absolute atomic E-state index is 0.0577. The molecule has 2 aromatic rings. The van der Waals surface area contributed by atoms with E-state index in [0.29, 0.717) is 6.42 Å². The number of fused-ring (bicyclic) bond motifs is 1. The lowest BCUT2D eigenvalue weighted by atomic mass is 9.87. The number of aromatic nitrogens is 4. The highest BCUT2D eigenvalue weighted by Crippen LogP contribution is 2.42. The summed E-state index contributed by atoms with van der Waals surface area (Å²) in [5, 5.41) is 16.5. The van der Waals surface area contributed by atoms with E-state index in [-0.39, 0.29) is 42.2 Å². The topological polar surface area (TPSA) is 92.9 Å². The second kappa shape index (κ2) is 6.95. The number of aliphatic hydroxyl groups excluding tert-OH is 1. The quantitative estimate of drug-likeness (QED) is 0.850. The number of rotatable bonds is 4. The van der Waals surface area contributed by atoms with Crippen molar-refractivity contribution in [1.82, 2.24) is 25.1 Å². The Morgan fingerprint density at radius 2 is 2.15 bits per heavy atom. The summed E-state index contributed by atoms with van der Waals surface area (Å²) in [6, 6.07) is -0.536. The van der Waals surface area contributed by atoms with Crippen molar-refractivity contribution in [3.8, 4) is 5.82 Å². The Bertz CT molecular complexity index is 830. The van der Waals surface area contributed by atoms with Gasteiger partial charge in [-0.15, -0.1) is 0 Å². The maximum atomic E-state index is 14.7. The van der Waals surface area contributed by atoms with Crippen LogP contribution in [0.2, 0.25) is 0 Å². The molecular weight excluding hydrogens is 356 g/mol. The average molecular weight is 379 g/mol. The van der Waals surface area contributed by atoms with Gasteiger partial charge in [-0.25, -0.2) is 9.67 Å². The number of alkyl halides is 2. The molecule has 0 aromatic carbocycles. The highest BCUT2D eigenvalue weighted by atomic mass is 19.3. The van der Waals surface area contributed by atoms with E-state index in [9.17, 15) is 18.7 Å². The molecule has 27 heavy (non-hydrogen) atoms. The van der Waals surface area contributed by atoms with Gasteiger partial charge >= 0.3 is 0 Å². The molecule has 1 atom stereocenters. The van der Waals surface area contributed by atoms with Crippen molar-refractivity contribution >= 4 is 5.91 Å². The van der Waals surface area contributed by atoms with Crippen LogP contribution in [0.25, 0.3) is 5.82 Å². The Balaban J connectivity index is 2.07. The van der Waals surface area contributed by atoms with Gasteiger partial charge in [0.05, 0.1) is 18.8 Å². The maximum absolute atomic E-state index is 14.7. The fourth-order valence-corrected chi connectivity index (χ4v) is 3.18. The average Bonchev–Trinajstić information content (AvgIpc) is 3.00. The first-order valence-electron chi connectivity index (χ1n) is 8.83. The van der Waals surface area contributed by atoms with Crippen molar-refractivity contribution < 1.29 is 18.7 Å². The molecule has 7 nitrogen and oxygen atoms in total. The van der Waals surface area contributed by atoms with Crippen LogP contribution >= 0.6 is 0 Å². The molecule has 0 radical (unpaired) electrons. The van der Waals surface area contributed by atoms with Crippen LogP contribution in [0.4, 0.5) is 8.78 Å². The summed E-state index contributed by atoms with van der Waals surface area (Å²) in [4.78, 5) is 20.8. The normalized spacial score (nSPS) is 17.3. The minimum Gasteiger partial charge on any atom is -0.394 e. The Morgan fingerprint density at radius 3 is 2.74 bits per heavy atom.